The molecule has 1 aliphatic carbocycles. The van der Waals surface area contributed by atoms with Crippen LogP contribution in [0.3, 0.4) is 0 Å². The first-order chi connectivity index (χ1) is 9.71. The lowest BCUT2D eigenvalue weighted by Gasteiger charge is -2.26. The molecule has 2 heterocycles. The third-order valence-corrected chi connectivity index (χ3v) is 4.32. The largest absolute Gasteiger partial charge is 0.396 e. The smallest absolute Gasteiger partial charge is 0.231 e. The SMILES string of the molecule is OCC1(CNc2nc(Cl)nc(N3CCCCC3)n2)CC1. The monoisotopic (exact) mass is 297 g/mol. The fraction of sp³-hybridized carbons (Fsp3) is 0.769. The van der Waals surface area contributed by atoms with Crippen LogP contribution in [0, 0.1) is 5.41 Å². The number of nitrogens with zero attached hydrogens (tertiary/aromatic N) is 4. The quantitative estimate of drug-likeness (QED) is 0.862. The summed E-state index contributed by atoms with van der Waals surface area (Å²) in [4.78, 5) is 14.9. The van der Waals surface area contributed by atoms with Crippen LogP contribution in [0.15, 0.2) is 0 Å². The van der Waals surface area contributed by atoms with Gasteiger partial charge in [-0.3, -0.25) is 0 Å². The molecule has 0 bridgehead atoms. The summed E-state index contributed by atoms with van der Waals surface area (Å²) in [6.45, 7) is 2.84. The molecule has 2 aliphatic rings. The Kier molecular flexibility index (Phi) is 3.94. The zero-order valence-corrected chi connectivity index (χ0v) is 12.2. The summed E-state index contributed by atoms with van der Waals surface area (Å²) in [6.07, 6.45) is 5.70. The van der Waals surface area contributed by atoms with Crippen molar-refractivity contribution < 1.29 is 5.11 Å². The standard InChI is InChI=1S/C13H20ClN5O/c14-10-16-11(15-8-13(9-20)4-5-13)18-12(17-10)19-6-2-1-3-7-19/h20H,1-9H2,(H,15,16,17,18). The van der Waals surface area contributed by atoms with Crippen LogP contribution in [-0.2, 0) is 0 Å². The van der Waals surface area contributed by atoms with Gasteiger partial charge in [-0.1, -0.05) is 0 Å². The normalized spacial score (nSPS) is 20.8. The van der Waals surface area contributed by atoms with Crippen LogP contribution in [0.4, 0.5) is 11.9 Å². The summed E-state index contributed by atoms with van der Waals surface area (Å²) in [7, 11) is 0. The van der Waals surface area contributed by atoms with Crippen molar-refractivity contribution >= 4 is 23.5 Å². The van der Waals surface area contributed by atoms with Crippen LogP contribution >= 0.6 is 11.6 Å². The molecule has 0 spiro atoms. The summed E-state index contributed by atoms with van der Waals surface area (Å²) >= 11 is 5.99. The van der Waals surface area contributed by atoms with Gasteiger partial charge in [0, 0.05) is 25.0 Å². The molecule has 110 valence electrons. The van der Waals surface area contributed by atoms with Gasteiger partial charge in [-0.15, -0.1) is 0 Å². The highest BCUT2D eigenvalue weighted by atomic mass is 35.5. The van der Waals surface area contributed by atoms with E-state index in [2.05, 4.69) is 25.2 Å². The van der Waals surface area contributed by atoms with Crippen LogP contribution in [0.2, 0.25) is 5.28 Å². The van der Waals surface area contributed by atoms with E-state index in [1.165, 1.54) is 19.3 Å². The van der Waals surface area contributed by atoms with Crippen molar-refractivity contribution in [3.63, 3.8) is 0 Å². The molecule has 3 rings (SSSR count). The van der Waals surface area contributed by atoms with Gasteiger partial charge in [-0.05, 0) is 43.7 Å². The number of halogens is 1. The first-order valence-corrected chi connectivity index (χ1v) is 7.60. The predicted molar refractivity (Wildman–Crippen MR) is 78.1 cm³/mol. The number of aliphatic hydroxyl groups is 1. The van der Waals surface area contributed by atoms with Gasteiger partial charge < -0.3 is 15.3 Å². The van der Waals surface area contributed by atoms with E-state index in [1.807, 2.05) is 0 Å². The maximum absolute atomic E-state index is 9.32. The average Bonchev–Trinajstić information content (AvgIpc) is 3.26. The number of piperidine rings is 1. The zero-order valence-electron chi connectivity index (χ0n) is 11.5. The number of hydrogen-bond acceptors (Lipinski definition) is 6. The Bertz CT molecular complexity index is 474. The lowest BCUT2D eigenvalue weighted by Crippen LogP contribution is -2.31. The topological polar surface area (TPSA) is 74.2 Å². The zero-order chi connectivity index (χ0) is 14.0. The highest BCUT2D eigenvalue weighted by Gasteiger charge is 2.41. The van der Waals surface area contributed by atoms with E-state index in [4.69, 9.17) is 11.6 Å². The van der Waals surface area contributed by atoms with Crippen molar-refractivity contribution in [2.75, 3.05) is 36.5 Å². The predicted octanol–water partition coefficient (Wildman–Crippen LogP) is 1.70. The molecule has 7 heteroatoms. The highest BCUT2D eigenvalue weighted by Crippen LogP contribution is 2.44. The molecule has 6 nitrogen and oxygen atoms in total. The van der Waals surface area contributed by atoms with Crippen molar-refractivity contribution in [1.29, 1.82) is 0 Å². The number of nitrogens with one attached hydrogen (secondary N) is 1. The number of rotatable bonds is 5. The van der Waals surface area contributed by atoms with Crippen LogP contribution < -0.4 is 10.2 Å². The number of hydrogen-bond donors (Lipinski definition) is 2. The molecule has 1 aromatic heterocycles. The fourth-order valence-corrected chi connectivity index (χ4v) is 2.64. The summed E-state index contributed by atoms with van der Waals surface area (Å²) in [5.74, 6) is 1.16. The minimum Gasteiger partial charge on any atom is -0.396 e. The molecule has 1 aromatic rings. The first-order valence-electron chi connectivity index (χ1n) is 7.22. The molecule has 2 N–H and O–H groups in total. The fourth-order valence-electron chi connectivity index (χ4n) is 2.49. The summed E-state index contributed by atoms with van der Waals surface area (Å²) in [5, 5.41) is 12.7. The van der Waals surface area contributed by atoms with E-state index in [1.54, 1.807) is 0 Å². The lowest BCUT2D eigenvalue weighted by molar-refractivity contribution is 0.219. The van der Waals surface area contributed by atoms with E-state index in [9.17, 15) is 5.11 Å². The van der Waals surface area contributed by atoms with Crippen LogP contribution in [0.5, 0.6) is 0 Å². The molecule has 0 amide bonds. The second-order valence-corrected chi connectivity index (χ2v) is 6.13. The summed E-state index contributed by atoms with van der Waals surface area (Å²) in [5.41, 5.74) is 0.0182. The molecule has 1 saturated carbocycles. The number of aliphatic hydroxyl groups excluding tert-OH is 1. The second-order valence-electron chi connectivity index (χ2n) is 5.79. The molecule has 0 radical (unpaired) electrons. The van der Waals surface area contributed by atoms with E-state index < -0.39 is 0 Å². The van der Waals surface area contributed by atoms with Gasteiger partial charge in [-0.25, -0.2) is 0 Å². The van der Waals surface area contributed by atoms with Gasteiger partial charge >= 0.3 is 0 Å². The van der Waals surface area contributed by atoms with E-state index in [0.717, 1.165) is 25.9 Å². The molecular weight excluding hydrogens is 278 g/mol. The summed E-state index contributed by atoms with van der Waals surface area (Å²) < 4.78 is 0. The van der Waals surface area contributed by atoms with Gasteiger partial charge in [0.15, 0.2) is 0 Å². The molecule has 0 atom stereocenters. The van der Waals surface area contributed by atoms with Crippen molar-refractivity contribution in [1.82, 2.24) is 15.0 Å². The second kappa shape index (κ2) is 5.69. The van der Waals surface area contributed by atoms with Crippen molar-refractivity contribution in [3.8, 4) is 0 Å². The van der Waals surface area contributed by atoms with Crippen LogP contribution in [0.1, 0.15) is 32.1 Å². The van der Waals surface area contributed by atoms with Gasteiger partial charge in [0.1, 0.15) is 0 Å². The van der Waals surface area contributed by atoms with Gasteiger partial charge in [-0.2, -0.15) is 15.0 Å². The maximum Gasteiger partial charge on any atom is 0.231 e. The van der Waals surface area contributed by atoms with Crippen molar-refractivity contribution in [3.05, 3.63) is 5.28 Å². The minimum atomic E-state index is 0.0182. The molecule has 2 fully saturated rings. The molecular formula is C13H20ClN5O. The molecule has 0 aromatic carbocycles. The van der Waals surface area contributed by atoms with Crippen molar-refractivity contribution in [2.45, 2.75) is 32.1 Å². The van der Waals surface area contributed by atoms with Crippen molar-refractivity contribution in [2.24, 2.45) is 5.41 Å². The Balaban J connectivity index is 1.69. The molecule has 0 unspecified atom stereocenters. The number of aromatic nitrogens is 3. The van der Waals surface area contributed by atoms with Crippen LogP contribution in [-0.4, -0.2) is 46.3 Å². The first kappa shape index (κ1) is 13.8. The Labute approximate surface area is 123 Å². The Hall–Kier alpha value is -1.14. The van der Waals surface area contributed by atoms with Gasteiger partial charge in [0.05, 0.1) is 6.61 Å². The Morgan fingerprint density at radius 2 is 1.90 bits per heavy atom. The Morgan fingerprint density at radius 1 is 1.15 bits per heavy atom. The molecule has 20 heavy (non-hydrogen) atoms. The molecule has 1 saturated heterocycles. The van der Waals surface area contributed by atoms with E-state index in [-0.39, 0.29) is 17.3 Å². The average molecular weight is 298 g/mol. The Morgan fingerprint density at radius 3 is 2.55 bits per heavy atom. The third-order valence-electron chi connectivity index (χ3n) is 4.15. The molecule has 1 aliphatic heterocycles. The van der Waals surface area contributed by atoms with E-state index in [0.29, 0.717) is 18.4 Å². The minimum absolute atomic E-state index is 0.0182. The number of anilines is 2. The van der Waals surface area contributed by atoms with Gasteiger partial charge in [0.2, 0.25) is 17.2 Å². The lowest BCUT2D eigenvalue weighted by atomic mass is 10.1. The highest BCUT2D eigenvalue weighted by molar-refractivity contribution is 6.28. The maximum atomic E-state index is 9.32. The van der Waals surface area contributed by atoms with Crippen LogP contribution in [0.25, 0.3) is 0 Å². The summed E-state index contributed by atoms with van der Waals surface area (Å²) in [6, 6.07) is 0. The van der Waals surface area contributed by atoms with E-state index >= 15 is 0 Å². The van der Waals surface area contributed by atoms with Gasteiger partial charge in [0.25, 0.3) is 0 Å². The third kappa shape index (κ3) is 3.12.